The predicted octanol–water partition coefficient (Wildman–Crippen LogP) is 5.96. The fourth-order valence-corrected chi connectivity index (χ4v) is 2.39. The largest absolute Gasteiger partial charge is 0.456 e. The van der Waals surface area contributed by atoms with Crippen molar-refractivity contribution in [3.63, 3.8) is 0 Å². The summed E-state index contributed by atoms with van der Waals surface area (Å²) < 4.78 is 14.1. The molecule has 0 saturated heterocycles. The second-order valence-corrected chi connectivity index (χ2v) is 5.25. The van der Waals surface area contributed by atoms with Crippen molar-refractivity contribution < 1.29 is 5.79 Å². The first-order valence-electron chi connectivity index (χ1n) is 8.03. The van der Waals surface area contributed by atoms with Crippen LogP contribution in [0.5, 0.6) is 0 Å². The highest BCUT2D eigenvalue weighted by Crippen LogP contribution is 2.28. The Morgan fingerprint density at radius 2 is 1.57 bits per heavy atom. The SMILES string of the molecule is [2H]c1cc(-c2ccccc2)oc1-c1ccc(CCCC)cc1. The Morgan fingerprint density at radius 1 is 0.857 bits per heavy atom. The lowest BCUT2D eigenvalue weighted by Crippen LogP contribution is -1.84. The number of hydrogen-bond acceptors (Lipinski definition) is 1. The summed E-state index contributed by atoms with van der Waals surface area (Å²) >= 11 is 0. The third-order valence-corrected chi connectivity index (χ3v) is 3.64. The normalized spacial score (nSPS) is 11.4. The third kappa shape index (κ3) is 3.25. The number of furan rings is 1. The van der Waals surface area contributed by atoms with Gasteiger partial charge in [0.05, 0.1) is 1.37 Å². The molecule has 3 rings (SSSR count). The van der Waals surface area contributed by atoms with Gasteiger partial charge < -0.3 is 4.42 Å². The van der Waals surface area contributed by atoms with Crippen molar-refractivity contribution in [2.75, 3.05) is 0 Å². The van der Waals surface area contributed by atoms with Gasteiger partial charge in [0.2, 0.25) is 0 Å². The van der Waals surface area contributed by atoms with E-state index < -0.39 is 0 Å². The van der Waals surface area contributed by atoms with E-state index >= 15 is 0 Å². The van der Waals surface area contributed by atoms with Crippen molar-refractivity contribution in [3.05, 3.63) is 72.3 Å². The fraction of sp³-hybridized carbons (Fsp3) is 0.200. The molecule has 1 nitrogen and oxygen atoms in total. The van der Waals surface area contributed by atoms with E-state index in [2.05, 4.69) is 31.2 Å². The molecule has 21 heavy (non-hydrogen) atoms. The molecular weight excluding hydrogens is 256 g/mol. The van der Waals surface area contributed by atoms with Gasteiger partial charge in [0.25, 0.3) is 0 Å². The van der Waals surface area contributed by atoms with Crippen LogP contribution in [-0.4, -0.2) is 0 Å². The van der Waals surface area contributed by atoms with Gasteiger partial charge in [-0.3, -0.25) is 0 Å². The van der Waals surface area contributed by atoms with Crippen LogP contribution in [0, 0.1) is 0 Å². The molecule has 0 radical (unpaired) electrons. The molecule has 1 aromatic heterocycles. The molecular formula is C20H20O. The summed E-state index contributed by atoms with van der Waals surface area (Å²) in [6, 6.07) is 20.5. The lowest BCUT2D eigenvalue weighted by Gasteiger charge is -2.02. The Labute approximate surface area is 127 Å². The maximum atomic E-state index is 8.15. The van der Waals surface area contributed by atoms with Crippen LogP contribution in [0.1, 0.15) is 26.7 Å². The Morgan fingerprint density at radius 3 is 2.29 bits per heavy atom. The van der Waals surface area contributed by atoms with Gasteiger partial charge >= 0.3 is 0 Å². The van der Waals surface area contributed by atoms with Gasteiger partial charge in [-0.15, -0.1) is 0 Å². The van der Waals surface area contributed by atoms with Gasteiger partial charge in [-0.05, 0) is 30.5 Å². The number of aryl methyl sites for hydroxylation is 1. The van der Waals surface area contributed by atoms with Crippen LogP contribution < -0.4 is 0 Å². The first kappa shape index (κ1) is 12.5. The second-order valence-electron chi connectivity index (χ2n) is 5.25. The molecule has 0 unspecified atom stereocenters. The maximum absolute atomic E-state index is 8.15. The summed E-state index contributed by atoms with van der Waals surface area (Å²) in [7, 11) is 0. The molecule has 0 bridgehead atoms. The minimum atomic E-state index is 0.431. The number of benzene rings is 2. The summed E-state index contributed by atoms with van der Waals surface area (Å²) in [6.45, 7) is 2.20. The molecule has 2 aromatic carbocycles. The van der Waals surface area contributed by atoms with Crippen LogP contribution in [0.15, 0.2) is 71.1 Å². The van der Waals surface area contributed by atoms with Crippen molar-refractivity contribution in [3.8, 4) is 22.6 Å². The molecule has 0 aliphatic carbocycles. The first-order chi connectivity index (χ1) is 10.8. The van der Waals surface area contributed by atoms with E-state index in [1.165, 1.54) is 18.4 Å². The molecule has 1 heteroatoms. The van der Waals surface area contributed by atoms with Crippen molar-refractivity contribution in [2.45, 2.75) is 26.2 Å². The molecule has 1 heterocycles. The minimum absolute atomic E-state index is 0.431. The summed E-state index contributed by atoms with van der Waals surface area (Å²) in [4.78, 5) is 0. The molecule has 0 N–H and O–H groups in total. The van der Waals surface area contributed by atoms with E-state index in [1.807, 2.05) is 30.3 Å². The Kier molecular flexibility index (Phi) is 3.83. The van der Waals surface area contributed by atoms with Crippen LogP contribution in [0.4, 0.5) is 0 Å². The topological polar surface area (TPSA) is 13.1 Å². The Bertz CT molecular complexity index is 726. The van der Waals surface area contributed by atoms with Crippen molar-refractivity contribution in [1.82, 2.24) is 0 Å². The monoisotopic (exact) mass is 277 g/mol. The van der Waals surface area contributed by atoms with Crippen molar-refractivity contribution in [1.29, 1.82) is 0 Å². The minimum Gasteiger partial charge on any atom is -0.456 e. The number of unbranched alkanes of at least 4 members (excludes halogenated alkanes) is 1. The van der Waals surface area contributed by atoms with Gasteiger partial charge in [0.1, 0.15) is 11.5 Å². The van der Waals surface area contributed by atoms with Crippen LogP contribution in [0.2, 0.25) is 0 Å². The molecule has 0 fully saturated rings. The van der Waals surface area contributed by atoms with Crippen molar-refractivity contribution >= 4 is 0 Å². The van der Waals surface area contributed by atoms with Gasteiger partial charge in [-0.1, -0.05) is 67.9 Å². The van der Waals surface area contributed by atoms with Crippen molar-refractivity contribution in [2.24, 2.45) is 0 Å². The highest BCUT2D eigenvalue weighted by Gasteiger charge is 2.06. The predicted molar refractivity (Wildman–Crippen MR) is 88.2 cm³/mol. The molecule has 0 atom stereocenters. The first-order valence-corrected chi connectivity index (χ1v) is 7.53. The van der Waals surface area contributed by atoms with Crippen LogP contribution in [0.3, 0.4) is 0 Å². The van der Waals surface area contributed by atoms with Gasteiger partial charge in [0.15, 0.2) is 0 Å². The van der Waals surface area contributed by atoms with Crippen LogP contribution in [-0.2, 0) is 6.42 Å². The second kappa shape index (κ2) is 6.45. The molecule has 0 saturated carbocycles. The van der Waals surface area contributed by atoms with Crippen LogP contribution in [0.25, 0.3) is 22.6 Å². The third-order valence-electron chi connectivity index (χ3n) is 3.64. The zero-order valence-electron chi connectivity index (χ0n) is 13.3. The van der Waals surface area contributed by atoms with Gasteiger partial charge in [-0.2, -0.15) is 0 Å². The molecule has 106 valence electrons. The summed E-state index contributed by atoms with van der Waals surface area (Å²) in [5.41, 5.74) is 3.31. The Balaban J connectivity index is 1.87. The molecule has 0 amide bonds. The number of hydrogen-bond donors (Lipinski definition) is 0. The van der Waals surface area contributed by atoms with Crippen LogP contribution >= 0.6 is 0 Å². The fourth-order valence-electron chi connectivity index (χ4n) is 2.39. The average molecular weight is 277 g/mol. The lowest BCUT2D eigenvalue weighted by atomic mass is 10.1. The zero-order valence-corrected chi connectivity index (χ0v) is 12.3. The Hall–Kier alpha value is -2.28. The number of rotatable bonds is 5. The average Bonchev–Trinajstić information content (AvgIpc) is 2.96. The molecule has 0 spiro atoms. The van der Waals surface area contributed by atoms with E-state index in [0.717, 1.165) is 23.3 Å². The quantitative estimate of drug-likeness (QED) is 0.561. The zero-order chi connectivity index (χ0) is 15.4. The summed E-state index contributed by atoms with van der Waals surface area (Å²) in [6.07, 6.45) is 3.52. The van der Waals surface area contributed by atoms with E-state index in [1.54, 1.807) is 6.07 Å². The summed E-state index contributed by atoms with van der Waals surface area (Å²) in [5.74, 6) is 1.39. The summed E-state index contributed by atoms with van der Waals surface area (Å²) in [5, 5.41) is 0. The van der Waals surface area contributed by atoms with E-state index in [9.17, 15) is 0 Å². The lowest BCUT2D eigenvalue weighted by molar-refractivity contribution is 0.597. The smallest absolute Gasteiger partial charge is 0.134 e. The molecule has 0 aliphatic rings. The standard InChI is InChI=1S/C20H20O/c1-2-3-7-16-10-12-18(13-11-16)20-15-14-19(21-20)17-8-5-4-6-9-17/h4-6,8-15H,2-3,7H2,1H3/i15D. The highest BCUT2D eigenvalue weighted by molar-refractivity contribution is 5.64. The maximum Gasteiger partial charge on any atom is 0.134 e. The molecule has 3 aromatic rings. The highest BCUT2D eigenvalue weighted by atomic mass is 16.3. The van der Waals surface area contributed by atoms with E-state index in [-0.39, 0.29) is 0 Å². The van der Waals surface area contributed by atoms with E-state index in [4.69, 9.17) is 5.79 Å². The van der Waals surface area contributed by atoms with Gasteiger partial charge in [-0.25, -0.2) is 0 Å². The molecule has 0 aliphatic heterocycles. The van der Waals surface area contributed by atoms with E-state index in [0.29, 0.717) is 11.8 Å². The van der Waals surface area contributed by atoms with Gasteiger partial charge in [0, 0.05) is 11.1 Å².